The number of fused-ring (bicyclic) bond motifs is 1. The summed E-state index contributed by atoms with van der Waals surface area (Å²) in [4.78, 5) is 12.3. The van der Waals surface area contributed by atoms with Gasteiger partial charge in [-0.2, -0.15) is 0 Å². The van der Waals surface area contributed by atoms with E-state index in [2.05, 4.69) is 19.1 Å². The van der Waals surface area contributed by atoms with Gasteiger partial charge in [0.2, 0.25) is 0 Å². The van der Waals surface area contributed by atoms with E-state index in [9.17, 15) is 4.79 Å². The second kappa shape index (κ2) is 3.99. The molecule has 0 aliphatic heterocycles. The van der Waals surface area contributed by atoms with Crippen LogP contribution < -0.4 is 0 Å². The minimum absolute atomic E-state index is 0.191. The maximum Gasteiger partial charge on any atom is 0.165 e. The van der Waals surface area contributed by atoms with Gasteiger partial charge in [-0.05, 0) is 35.6 Å². The Morgan fingerprint density at radius 2 is 1.82 bits per heavy atom. The second-order valence-electron chi connectivity index (χ2n) is 5.05. The lowest BCUT2D eigenvalue weighted by Gasteiger charge is -2.09. The van der Waals surface area contributed by atoms with Crippen molar-refractivity contribution in [1.29, 1.82) is 0 Å². The summed E-state index contributed by atoms with van der Waals surface area (Å²) >= 11 is 0. The average molecular weight is 224 g/mol. The predicted octanol–water partition coefficient (Wildman–Crippen LogP) is 4.07. The number of Topliss-reactive ketones (excluding diaryl/α,β-unsaturated/α-hetero) is 1. The summed E-state index contributed by atoms with van der Waals surface area (Å²) in [5.41, 5.74) is 0.864. The van der Waals surface area contributed by atoms with Gasteiger partial charge in [-0.1, -0.05) is 43.3 Å². The van der Waals surface area contributed by atoms with Crippen LogP contribution in [0.4, 0.5) is 0 Å². The summed E-state index contributed by atoms with van der Waals surface area (Å²) in [5, 5.41) is 2.35. The highest BCUT2D eigenvalue weighted by atomic mass is 16.1. The van der Waals surface area contributed by atoms with Crippen molar-refractivity contribution < 1.29 is 4.79 Å². The fraction of sp³-hybridized carbons (Fsp3) is 0.312. The standard InChI is InChI=1S/C16H16O/c1-11(12-6-7-12)16(17)15-9-8-13-4-2-3-5-14(13)10-15/h2-5,8-12H,6-7H2,1H3. The molecule has 0 heterocycles. The summed E-state index contributed by atoms with van der Waals surface area (Å²) in [5.74, 6) is 1.13. The summed E-state index contributed by atoms with van der Waals surface area (Å²) in [6.45, 7) is 2.06. The molecule has 17 heavy (non-hydrogen) atoms. The molecule has 0 spiro atoms. The molecule has 0 radical (unpaired) electrons. The fourth-order valence-electron chi connectivity index (χ4n) is 2.42. The molecule has 1 atom stereocenters. The van der Waals surface area contributed by atoms with Crippen LogP contribution in [0, 0.1) is 11.8 Å². The third-order valence-corrected chi connectivity index (χ3v) is 3.78. The Morgan fingerprint density at radius 1 is 1.12 bits per heavy atom. The molecule has 1 heteroatoms. The third-order valence-electron chi connectivity index (χ3n) is 3.78. The van der Waals surface area contributed by atoms with Crippen molar-refractivity contribution in [1.82, 2.24) is 0 Å². The highest BCUT2D eigenvalue weighted by Gasteiger charge is 2.32. The first-order valence-corrected chi connectivity index (χ1v) is 6.29. The van der Waals surface area contributed by atoms with E-state index in [1.54, 1.807) is 0 Å². The van der Waals surface area contributed by atoms with Crippen LogP contribution in [0.3, 0.4) is 0 Å². The smallest absolute Gasteiger partial charge is 0.165 e. The molecular weight excluding hydrogens is 208 g/mol. The summed E-state index contributed by atoms with van der Waals surface area (Å²) in [6, 6.07) is 14.2. The highest BCUT2D eigenvalue weighted by Crippen LogP contribution is 2.38. The molecule has 1 unspecified atom stereocenters. The zero-order chi connectivity index (χ0) is 11.8. The second-order valence-corrected chi connectivity index (χ2v) is 5.05. The molecule has 0 N–H and O–H groups in total. The van der Waals surface area contributed by atoms with E-state index in [1.807, 2.05) is 30.3 Å². The van der Waals surface area contributed by atoms with Gasteiger partial charge < -0.3 is 0 Å². The molecule has 1 aliphatic carbocycles. The van der Waals surface area contributed by atoms with Gasteiger partial charge in [-0.25, -0.2) is 0 Å². The quantitative estimate of drug-likeness (QED) is 0.718. The van der Waals surface area contributed by atoms with E-state index < -0.39 is 0 Å². The Morgan fingerprint density at radius 3 is 2.53 bits per heavy atom. The van der Waals surface area contributed by atoms with Gasteiger partial charge in [0.1, 0.15) is 0 Å². The molecule has 2 aromatic carbocycles. The molecule has 2 aromatic rings. The van der Waals surface area contributed by atoms with Crippen LogP contribution in [0.5, 0.6) is 0 Å². The molecule has 1 saturated carbocycles. The normalized spacial score (nSPS) is 17.0. The van der Waals surface area contributed by atoms with E-state index in [4.69, 9.17) is 0 Å². The van der Waals surface area contributed by atoms with Crippen LogP contribution >= 0.6 is 0 Å². The van der Waals surface area contributed by atoms with Crippen LogP contribution in [0.15, 0.2) is 42.5 Å². The largest absolute Gasteiger partial charge is 0.294 e. The lowest BCUT2D eigenvalue weighted by Crippen LogP contribution is -2.13. The minimum Gasteiger partial charge on any atom is -0.294 e. The Bertz CT molecular complexity index is 567. The number of rotatable bonds is 3. The van der Waals surface area contributed by atoms with Crippen molar-refractivity contribution in [3.05, 3.63) is 48.0 Å². The minimum atomic E-state index is 0.191. The first kappa shape index (κ1) is 10.5. The first-order chi connectivity index (χ1) is 8.25. The van der Waals surface area contributed by atoms with Gasteiger partial charge in [0, 0.05) is 11.5 Å². The average Bonchev–Trinajstić information content (AvgIpc) is 3.21. The van der Waals surface area contributed by atoms with Gasteiger partial charge in [-0.3, -0.25) is 4.79 Å². The first-order valence-electron chi connectivity index (χ1n) is 6.29. The summed E-state index contributed by atoms with van der Waals surface area (Å²) in [7, 11) is 0. The van der Waals surface area contributed by atoms with E-state index in [0.29, 0.717) is 11.7 Å². The molecule has 3 rings (SSSR count). The van der Waals surface area contributed by atoms with E-state index in [-0.39, 0.29) is 5.92 Å². The molecule has 1 nitrogen and oxygen atoms in total. The van der Waals surface area contributed by atoms with Crippen molar-refractivity contribution >= 4 is 16.6 Å². The number of ketones is 1. The fourth-order valence-corrected chi connectivity index (χ4v) is 2.42. The molecule has 86 valence electrons. The van der Waals surface area contributed by atoms with E-state index >= 15 is 0 Å². The van der Waals surface area contributed by atoms with Crippen molar-refractivity contribution in [2.24, 2.45) is 11.8 Å². The van der Waals surface area contributed by atoms with Crippen molar-refractivity contribution in [2.75, 3.05) is 0 Å². The number of carbonyl (C=O) groups excluding carboxylic acids is 1. The van der Waals surface area contributed by atoms with E-state index in [0.717, 1.165) is 10.9 Å². The van der Waals surface area contributed by atoms with Crippen LogP contribution in [-0.2, 0) is 0 Å². The number of hydrogen-bond acceptors (Lipinski definition) is 1. The van der Waals surface area contributed by atoms with Crippen molar-refractivity contribution in [3.8, 4) is 0 Å². The maximum absolute atomic E-state index is 12.3. The van der Waals surface area contributed by atoms with Gasteiger partial charge >= 0.3 is 0 Å². The Kier molecular flexibility index (Phi) is 2.47. The monoisotopic (exact) mass is 224 g/mol. The van der Waals surface area contributed by atoms with Crippen molar-refractivity contribution in [3.63, 3.8) is 0 Å². The molecule has 1 fully saturated rings. The molecule has 0 bridgehead atoms. The van der Waals surface area contributed by atoms with Gasteiger partial charge in [0.15, 0.2) is 5.78 Å². The summed E-state index contributed by atoms with van der Waals surface area (Å²) < 4.78 is 0. The van der Waals surface area contributed by atoms with Crippen LogP contribution in [0.1, 0.15) is 30.1 Å². The van der Waals surface area contributed by atoms with Crippen LogP contribution in [-0.4, -0.2) is 5.78 Å². The Hall–Kier alpha value is -1.63. The Balaban J connectivity index is 1.97. The van der Waals surface area contributed by atoms with Gasteiger partial charge in [0.05, 0.1) is 0 Å². The SMILES string of the molecule is CC(C(=O)c1ccc2ccccc2c1)C1CC1. The lowest BCUT2D eigenvalue weighted by atomic mass is 9.94. The number of carbonyl (C=O) groups is 1. The highest BCUT2D eigenvalue weighted by molar-refractivity contribution is 6.01. The van der Waals surface area contributed by atoms with Crippen LogP contribution in [0.25, 0.3) is 10.8 Å². The van der Waals surface area contributed by atoms with Crippen LogP contribution in [0.2, 0.25) is 0 Å². The van der Waals surface area contributed by atoms with Gasteiger partial charge in [-0.15, -0.1) is 0 Å². The topological polar surface area (TPSA) is 17.1 Å². The number of hydrogen-bond donors (Lipinski definition) is 0. The predicted molar refractivity (Wildman–Crippen MR) is 70.2 cm³/mol. The van der Waals surface area contributed by atoms with Gasteiger partial charge in [0.25, 0.3) is 0 Å². The lowest BCUT2D eigenvalue weighted by molar-refractivity contribution is 0.0916. The Labute approximate surface area is 101 Å². The zero-order valence-electron chi connectivity index (χ0n) is 10.0. The molecule has 0 aromatic heterocycles. The maximum atomic E-state index is 12.3. The summed E-state index contributed by atoms with van der Waals surface area (Å²) in [6.07, 6.45) is 2.45. The molecular formula is C16H16O. The molecule has 0 saturated heterocycles. The third kappa shape index (κ3) is 1.97. The number of benzene rings is 2. The molecule has 0 amide bonds. The molecule has 1 aliphatic rings. The van der Waals surface area contributed by atoms with Crippen molar-refractivity contribution in [2.45, 2.75) is 19.8 Å². The van der Waals surface area contributed by atoms with E-state index in [1.165, 1.54) is 18.2 Å². The zero-order valence-corrected chi connectivity index (χ0v) is 10.0.